The molecule has 0 aliphatic rings. The van der Waals surface area contributed by atoms with Crippen LogP contribution in [0.5, 0.6) is 34.5 Å². The van der Waals surface area contributed by atoms with Crippen LogP contribution >= 0.6 is 11.8 Å². The predicted molar refractivity (Wildman–Crippen MR) is 187 cm³/mol. The van der Waals surface area contributed by atoms with Gasteiger partial charge >= 0.3 is 12.2 Å². The molecule has 0 aliphatic heterocycles. The van der Waals surface area contributed by atoms with E-state index in [0.717, 1.165) is 9.79 Å². The SMILES string of the molecule is O=C(Nc1cccc(Sc2cccc(NC(=O)Oc3ccc(O)cc3)c2-c2ccc(O)cc2)c1-c1ccc(O)cc1)Oc1ccc(O)cc1. The summed E-state index contributed by atoms with van der Waals surface area (Å²) in [5, 5.41) is 44.8. The molecule has 0 aromatic heterocycles. The van der Waals surface area contributed by atoms with Crippen LogP contribution in [0.4, 0.5) is 21.0 Å². The van der Waals surface area contributed by atoms with Crippen LogP contribution in [0.15, 0.2) is 143 Å². The molecule has 0 spiro atoms. The second kappa shape index (κ2) is 14.4. The lowest BCUT2D eigenvalue weighted by molar-refractivity contribution is 0.214. The Morgan fingerprint density at radius 1 is 0.449 bits per heavy atom. The van der Waals surface area contributed by atoms with E-state index in [4.69, 9.17) is 9.47 Å². The van der Waals surface area contributed by atoms with Gasteiger partial charge in [0.2, 0.25) is 0 Å². The molecule has 6 aromatic rings. The number of nitrogens with one attached hydrogen (secondary N) is 2. The highest BCUT2D eigenvalue weighted by Crippen LogP contribution is 2.46. The minimum atomic E-state index is -0.754. The number of phenolic OH excluding ortho intramolecular Hbond substituents is 4. The van der Waals surface area contributed by atoms with E-state index >= 15 is 0 Å². The van der Waals surface area contributed by atoms with Crippen LogP contribution < -0.4 is 20.1 Å². The van der Waals surface area contributed by atoms with Crippen molar-refractivity contribution in [3.63, 3.8) is 0 Å². The summed E-state index contributed by atoms with van der Waals surface area (Å²) in [5.74, 6) is 0.683. The number of anilines is 2. The van der Waals surface area contributed by atoms with Gasteiger partial charge in [-0.05, 0) is 108 Å². The molecule has 244 valence electrons. The summed E-state index contributed by atoms with van der Waals surface area (Å²) in [6.07, 6.45) is -1.51. The smallest absolute Gasteiger partial charge is 0.417 e. The second-order valence-corrected chi connectivity index (χ2v) is 11.7. The summed E-state index contributed by atoms with van der Waals surface area (Å²) in [5.41, 5.74) is 3.51. The number of hydrogen-bond acceptors (Lipinski definition) is 9. The van der Waals surface area contributed by atoms with Crippen molar-refractivity contribution >= 4 is 35.3 Å². The van der Waals surface area contributed by atoms with E-state index < -0.39 is 12.2 Å². The van der Waals surface area contributed by atoms with Crippen LogP contribution in [-0.2, 0) is 0 Å². The monoisotopic (exact) mass is 672 g/mol. The highest BCUT2D eigenvalue weighted by Gasteiger charge is 2.20. The maximum absolute atomic E-state index is 13.0. The van der Waals surface area contributed by atoms with E-state index in [2.05, 4.69) is 10.6 Å². The minimum Gasteiger partial charge on any atom is -0.508 e. The Labute approximate surface area is 284 Å². The van der Waals surface area contributed by atoms with Crippen LogP contribution in [0, 0.1) is 0 Å². The largest absolute Gasteiger partial charge is 0.508 e. The van der Waals surface area contributed by atoms with Crippen LogP contribution in [0.3, 0.4) is 0 Å². The minimum absolute atomic E-state index is 0.0345. The second-order valence-electron chi connectivity index (χ2n) is 10.6. The van der Waals surface area contributed by atoms with Gasteiger partial charge in [0.25, 0.3) is 0 Å². The van der Waals surface area contributed by atoms with Crippen molar-refractivity contribution in [2.45, 2.75) is 9.79 Å². The molecule has 0 unspecified atom stereocenters. The van der Waals surface area contributed by atoms with Gasteiger partial charge in [-0.2, -0.15) is 0 Å². The van der Waals surface area contributed by atoms with Gasteiger partial charge < -0.3 is 29.9 Å². The molecule has 10 nitrogen and oxygen atoms in total. The normalized spacial score (nSPS) is 10.6. The lowest BCUT2D eigenvalue weighted by atomic mass is 10.0. The Hall–Kier alpha value is -6.59. The third-order valence-electron chi connectivity index (χ3n) is 7.15. The zero-order valence-corrected chi connectivity index (χ0v) is 26.3. The summed E-state index contributed by atoms with van der Waals surface area (Å²) in [6, 6.07) is 35.3. The summed E-state index contributed by atoms with van der Waals surface area (Å²) >= 11 is 1.37. The summed E-state index contributed by atoms with van der Waals surface area (Å²) in [6.45, 7) is 0. The van der Waals surface area contributed by atoms with E-state index in [1.165, 1.54) is 60.3 Å². The predicted octanol–water partition coefficient (Wildman–Crippen LogP) is 9.22. The van der Waals surface area contributed by atoms with Gasteiger partial charge in [-0.3, -0.25) is 10.6 Å². The number of phenols is 4. The van der Waals surface area contributed by atoms with Crippen molar-refractivity contribution in [3.05, 3.63) is 133 Å². The Morgan fingerprint density at radius 3 is 1.12 bits per heavy atom. The third kappa shape index (κ3) is 8.05. The van der Waals surface area contributed by atoms with Gasteiger partial charge in [0, 0.05) is 20.9 Å². The number of carbonyl (C=O) groups excluding carboxylic acids is 2. The first-order valence-corrected chi connectivity index (χ1v) is 15.6. The highest BCUT2D eigenvalue weighted by molar-refractivity contribution is 7.99. The Balaban J connectivity index is 1.38. The van der Waals surface area contributed by atoms with Crippen molar-refractivity contribution in [1.82, 2.24) is 0 Å². The molecule has 6 N–H and O–H groups in total. The number of ether oxygens (including phenoxy) is 2. The van der Waals surface area contributed by atoms with Crippen molar-refractivity contribution in [1.29, 1.82) is 0 Å². The summed E-state index contributed by atoms with van der Waals surface area (Å²) in [7, 11) is 0. The fourth-order valence-electron chi connectivity index (χ4n) is 4.92. The maximum Gasteiger partial charge on any atom is 0.417 e. The standard InChI is InChI=1S/C38H28N2O8S/c41-25-11-7-23(8-12-25)35-31(39-37(45)47-29-19-15-27(43)16-20-29)3-1-5-33(35)49-34-6-2-4-32(36(34)24-9-13-26(42)14-10-24)40-38(46)48-30-21-17-28(44)18-22-30/h1-22,41-44H,(H,39,45)(H,40,46). The third-order valence-corrected chi connectivity index (χ3v) is 8.27. The first-order chi connectivity index (χ1) is 23.7. The molecule has 0 bridgehead atoms. The molecule has 0 aliphatic carbocycles. The Bertz CT molecular complexity index is 1950. The number of rotatable bonds is 8. The van der Waals surface area contributed by atoms with Crippen LogP contribution in [0.2, 0.25) is 0 Å². The average molecular weight is 673 g/mol. The number of aromatic hydroxyl groups is 4. The number of hydrogen-bond donors (Lipinski definition) is 6. The number of carbonyl (C=O) groups is 2. The zero-order valence-electron chi connectivity index (χ0n) is 25.5. The van der Waals surface area contributed by atoms with Crippen molar-refractivity contribution < 1.29 is 39.5 Å². The van der Waals surface area contributed by atoms with Crippen LogP contribution in [0.1, 0.15) is 0 Å². The van der Waals surface area contributed by atoms with Gasteiger partial charge in [-0.1, -0.05) is 48.2 Å². The van der Waals surface area contributed by atoms with E-state index in [1.807, 2.05) is 12.1 Å². The maximum atomic E-state index is 13.0. The molecule has 6 aromatic carbocycles. The molecular weight excluding hydrogens is 644 g/mol. The molecule has 0 saturated heterocycles. The van der Waals surface area contributed by atoms with E-state index in [1.54, 1.807) is 72.8 Å². The molecule has 0 atom stereocenters. The molecule has 0 radical (unpaired) electrons. The number of amides is 2. The van der Waals surface area contributed by atoms with E-state index in [-0.39, 0.29) is 34.5 Å². The fourth-order valence-corrected chi connectivity index (χ4v) is 6.11. The van der Waals surface area contributed by atoms with Gasteiger partial charge in [0.05, 0.1) is 11.4 Å². The molecule has 11 heteroatoms. The first kappa shape index (κ1) is 32.4. The Morgan fingerprint density at radius 2 is 0.776 bits per heavy atom. The average Bonchev–Trinajstić information content (AvgIpc) is 3.08. The topological polar surface area (TPSA) is 158 Å². The lowest BCUT2D eigenvalue weighted by Gasteiger charge is -2.19. The Kier molecular flexibility index (Phi) is 9.54. The molecule has 0 saturated carbocycles. The van der Waals surface area contributed by atoms with E-state index in [9.17, 15) is 30.0 Å². The van der Waals surface area contributed by atoms with Gasteiger partial charge in [0.15, 0.2) is 0 Å². The quantitative estimate of drug-likeness (QED) is 0.0927. The van der Waals surface area contributed by atoms with Crippen LogP contribution in [0.25, 0.3) is 22.3 Å². The molecule has 6 rings (SSSR count). The first-order valence-electron chi connectivity index (χ1n) is 14.8. The van der Waals surface area contributed by atoms with Gasteiger partial charge in [-0.15, -0.1) is 0 Å². The van der Waals surface area contributed by atoms with Crippen molar-refractivity contribution in [2.75, 3.05) is 10.6 Å². The van der Waals surface area contributed by atoms with Crippen molar-refractivity contribution in [2.24, 2.45) is 0 Å². The molecular formula is C38H28N2O8S. The van der Waals surface area contributed by atoms with E-state index in [0.29, 0.717) is 33.6 Å². The summed E-state index contributed by atoms with van der Waals surface area (Å²) < 4.78 is 10.9. The fraction of sp³-hybridized carbons (Fsp3) is 0. The van der Waals surface area contributed by atoms with Crippen LogP contribution in [-0.4, -0.2) is 32.6 Å². The zero-order chi connectivity index (χ0) is 34.3. The molecule has 0 heterocycles. The number of benzene rings is 6. The summed E-state index contributed by atoms with van der Waals surface area (Å²) in [4.78, 5) is 27.5. The molecule has 0 fully saturated rings. The lowest BCUT2D eigenvalue weighted by Crippen LogP contribution is -2.17. The van der Waals surface area contributed by atoms with Gasteiger partial charge in [-0.25, -0.2) is 9.59 Å². The molecule has 49 heavy (non-hydrogen) atoms. The van der Waals surface area contributed by atoms with Crippen molar-refractivity contribution in [3.8, 4) is 56.8 Å². The highest BCUT2D eigenvalue weighted by atomic mass is 32.2. The molecule has 2 amide bonds. The van der Waals surface area contributed by atoms with Gasteiger partial charge in [0.1, 0.15) is 34.5 Å².